The number of rotatable bonds is 3. The molecule has 0 spiro atoms. The molecule has 0 radical (unpaired) electrons. The van der Waals surface area contributed by atoms with Gasteiger partial charge in [-0.2, -0.15) is 0 Å². The highest BCUT2D eigenvalue weighted by molar-refractivity contribution is 6.31. The van der Waals surface area contributed by atoms with Crippen LogP contribution in [0.1, 0.15) is 22.7 Å². The minimum Gasteiger partial charge on any atom is -0.271 e. The first-order valence-electron chi connectivity index (χ1n) is 5.70. The lowest BCUT2D eigenvalue weighted by molar-refractivity contribution is 0.605. The summed E-state index contributed by atoms with van der Waals surface area (Å²) in [6, 6.07) is 9.32. The number of halogens is 3. The third-order valence-corrected chi connectivity index (χ3v) is 3.72. The third kappa shape index (κ3) is 3.07. The van der Waals surface area contributed by atoms with E-state index in [1.807, 2.05) is 19.1 Å². The highest BCUT2D eigenvalue weighted by Crippen LogP contribution is 2.30. The van der Waals surface area contributed by atoms with Crippen LogP contribution in [0.5, 0.6) is 0 Å². The molecule has 2 nitrogen and oxygen atoms in total. The number of benzene rings is 2. The fourth-order valence-electron chi connectivity index (χ4n) is 1.95. The van der Waals surface area contributed by atoms with Gasteiger partial charge in [0.15, 0.2) is 0 Å². The molecule has 0 aromatic heterocycles. The van der Waals surface area contributed by atoms with Crippen molar-refractivity contribution in [3.63, 3.8) is 0 Å². The second-order valence-electron chi connectivity index (χ2n) is 4.27. The van der Waals surface area contributed by atoms with E-state index in [0.717, 1.165) is 11.1 Å². The Morgan fingerprint density at radius 3 is 2.42 bits per heavy atom. The molecule has 0 bridgehead atoms. The zero-order valence-corrected chi connectivity index (χ0v) is 11.8. The van der Waals surface area contributed by atoms with Crippen LogP contribution in [0.15, 0.2) is 36.4 Å². The van der Waals surface area contributed by atoms with Gasteiger partial charge in [-0.3, -0.25) is 5.84 Å². The maximum absolute atomic E-state index is 13.4. The molecule has 0 heterocycles. The minimum atomic E-state index is -0.390. The molecule has 2 aromatic carbocycles. The second kappa shape index (κ2) is 5.88. The fourth-order valence-corrected chi connectivity index (χ4v) is 2.29. The van der Waals surface area contributed by atoms with E-state index in [0.29, 0.717) is 15.6 Å². The van der Waals surface area contributed by atoms with Crippen molar-refractivity contribution in [1.82, 2.24) is 5.43 Å². The Kier molecular flexibility index (Phi) is 4.42. The highest BCUT2D eigenvalue weighted by atomic mass is 35.5. The van der Waals surface area contributed by atoms with E-state index in [9.17, 15) is 4.39 Å². The van der Waals surface area contributed by atoms with Gasteiger partial charge in [-0.05, 0) is 47.9 Å². The average molecular weight is 299 g/mol. The Hall–Kier alpha value is -1.13. The molecule has 0 saturated carbocycles. The molecule has 100 valence electrons. The van der Waals surface area contributed by atoms with E-state index >= 15 is 0 Å². The number of aryl methyl sites for hydroxylation is 1. The van der Waals surface area contributed by atoms with Crippen LogP contribution in [-0.2, 0) is 0 Å². The van der Waals surface area contributed by atoms with Crippen molar-refractivity contribution in [2.75, 3.05) is 0 Å². The Balaban J connectivity index is 2.49. The zero-order valence-electron chi connectivity index (χ0n) is 10.3. The van der Waals surface area contributed by atoms with Gasteiger partial charge in [0.25, 0.3) is 0 Å². The largest absolute Gasteiger partial charge is 0.271 e. The lowest BCUT2D eigenvalue weighted by atomic mass is 9.97. The van der Waals surface area contributed by atoms with Gasteiger partial charge in [0.1, 0.15) is 5.82 Å². The van der Waals surface area contributed by atoms with Crippen LogP contribution in [0, 0.1) is 12.7 Å². The van der Waals surface area contributed by atoms with E-state index in [-0.39, 0.29) is 11.9 Å². The van der Waals surface area contributed by atoms with E-state index in [4.69, 9.17) is 29.0 Å². The molecule has 0 fully saturated rings. The van der Waals surface area contributed by atoms with Crippen LogP contribution in [0.3, 0.4) is 0 Å². The highest BCUT2D eigenvalue weighted by Gasteiger charge is 2.17. The SMILES string of the molecule is Cc1cc(C(NN)c2cc(F)ccc2Cl)ccc1Cl. The Labute approximate surface area is 121 Å². The molecule has 19 heavy (non-hydrogen) atoms. The van der Waals surface area contributed by atoms with E-state index in [2.05, 4.69) is 5.43 Å². The maximum atomic E-state index is 13.4. The van der Waals surface area contributed by atoms with Crippen LogP contribution in [0.4, 0.5) is 4.39 Å². The fraction of sp³-hybridized carbons (Fsp3) is 0.143. The Bertz CT molecular complexity index is 602. The zero-order chi connectivity index (χ0) is 14.0. The first-order valence-corrected chi connectivity index (χ1v) is 6.45. The maximum Gasteiger partial charge on any atom is 0.123 e. The Morgan fingerprint density at radius 2 is 1.79 bits per heavy atom. The van der Waals surface area contributed by atoms with E-state index in [1.165, 1.54) is 18.2 Å². The quantitative estimate of drug-likeness (QED) is 0.664. The molecule has 1 unspecified atom stereocenters. The summed E-state index contributed by atoms with van der Waals surface area (Å²) in [6.07, 6.45) is 0. The van der Waals surface area contributed by atoms with Gasteiger partial charge >= 0.3 is 0 Å². The molecular formula is C14H13Cl2FN2. The van der Waals surface area contributed by atoms with Crippen molar-refractivity contribution in [3.05, 3.63) is 69.0 Å². The van der Waals surface area contributed by atoms with Crippen LogP contribution in [-0.4, -0.2) is 0 Å². The standard InChI is InChI=1S/C14H13Cl2FN2/c1-8-6-9(2-4-12(8)15)14(19-18)11-7-10(17)3-5-13(11)16/h2-7,14,19H,18H2,1H3. The van der Waals surface area contributed by atoms with Crippen LogP contribution < -0.4 is 11.3 Å². The van der Waals surface area contributed by atoms with Crippen molar-refractivity contribution in [2.45, 2.75) is 13.0 Å². The minimum absolute atomic E-state index is 0.356. The van der Waals surface area contributed by atoms with Gasteiger partial charge in [0.2, 0.25) is 0 Å². The van der Waals surface area contributed by atoms with Crippen molar-refractivity contribution in [3.8, 4) is 0 Å². The first-order chi connectivity index (χ1) is 9.02. The van der Waals surface area contributed by atoms with Crippen molar-refractivity contribution < 1.29 is 4.39 Å². The number of hydrazine groups is 1. The number of nitrogens with one attached hydrogen (secondary N) is 1. The van der Waals surface area contributed by atoms with Gasteiger partial charge in [0, 0.05) is 10.0 Å². The molecule has 0 aliphatic heterocycles. The molecule has 3 N–H and O–H groups in total. The summed E-state index contributed by atoms with van der Waals surface area (Å²) >= 11 is 12.1. The normalized spacial score (nSPS) is 12.5. The number of nitrogens with two attached hydrogens (primary N) is 1. The van der Waals surface area contributed by atoms with Crippen molar-refractivity contribution in [2.24, 2.45) is 5.84 Å². The van der Waals surface area contributed by atoms with Gasteiger partial charge in [-0.25, -0.2) is 9.82 Å². The molecular weight excluding hydrogens is 286 g/mol. The average Bonchev–Trinajstić information content (AvgIpc) is 2.38. The van der Waals surface area contributed by atoms with Crippen LogP contribution in [0.25, 0.3) is 0 Å². The summed E-state index contributed by atoms with van der Waals surface area (Å²) in [5, 5.41) is 1.13. The van der Waals surface area contributed by atoms with E-state index in [1.54, 1.807) is 6.07 Å². The number of hydrogen-bond donors (Lipinski definition) is 2. The predicted molar refractivity (Wildman–Crippen MR) is 76.8 cm³/mol. The molecule has 0 saturated heterocycles. The predicted octanol–water partition coefficient (Wildman–Crippen LogP) is 3.99. The summed E-state index contributed by atoms with van der Waals surface area (Å²) in [4.78, 5) is 0. The second-order valence-corrected chi connectivity index (χ2v) is 5.09. The third-order valence-electron chi connectivity index (χ3n) is 2.95. The van der Waals surface area contributed by atoms with Gasteiger partial charge in [0.05, 0.1) is 6.04 Å². The van der Waals surface area contributed by atoms with E-state index < -0.39 is 0 Å². The smallest absolute Gasteiger partial charge is 0.123 e. The summed E-state index contributed by atoms with van der Waals surface area (Å²) in [7, 11) is 0. The molecule has 0 aliphatic carbocycles. The van der Waals surface area contributed by atoms with Crippen molar-refractivity contribution in [1.29, 1.82) is 0 Å². The van der Waals surface area contributed by atoms with Gasteiger partial charge in [-0.1, -0.05) is 35.3 Å². The molecule has 0 aliphatic rings. The molecule has 5 heteroatoms. The lowest BCUT2D eigenvalue weighted by Crippen LogP contribution is -2.29. The Morgan fingerprint density at radius 1 is 1.11 bits per heavy atom. The lowest BCUT2D eigenvalue weighted by Gasteiger charge is -2.19. The van der Waals surface area contributed by atoms with Crippen LogP contribution >= 0.6 is 23.2 Å². The molecule has 2 rings (SSSR count). The summed E-state index contributed by atoms with van der Waals surface area (Å²) in [6.45, 7) is 1.90. The molecule has 2 aromatic rings. The first kappa shape index (κ1) is 14.3. The van der Waals surface area contributed by atoms with Gasteiger partial charge in [-0.15, -0.1) is 0 Å². The summed E-state index contributed by atoms with van der Waals surface area (Å²) in [5.41, 5.74) is 5.04. The monoisotopic (exact) mass is 298 g/mol. The summed E-state index contributed by atoms with van der Waals surface area (Å²) in [5.74, 6) is 5.22. The number of hydrogen-bond acceptors (Lipinski definition) is 2. The summed E-state index contributed by atoms with van der Waals surface area (Å²) < 4.78 is 13.4. The topological polar surface area (TPSA) is 38.0 Å². The van der Waals surface area contributed by atoms with Crippen molar-refractivity contribution >= 4 is 23.2 Å². The van der Waals surface area contributed by atoms with Crippen LogP contribution in [0.2, 0.25) is 10.0 Å². The molecule has 1 atom stereocenters. The van der Waals surface area contributed by atoms with Gasteiger partial charge < -0.3 is 0 Å². The molecule has 0 amide bonds.